The molecule has 20 heavy (non-hydrogen) atoms. The Morgan fingerprint density at radius 3 is 2.95 bits per heavy atom. The van der Waals surface area contributed by atoms with Crippen LogP contribution in [0.5, 0.6) is 0 Å². The van der Waals surface area contributed by atoms with E-state index in [0.29, 0.717) is 0 Å². The van der Waals surface area contributed by atoms with Gasteiger partial charge in [0.15, 0.2) is 0 Å². The van der Waals surface area contributed by atoms with E-state index in [-0.39, 0.29) is 22.4 Å². The number of hydrogen-bond acceptors (Lipinski definition) is 2. The highest BCUT2D eigenvalue weighted by molar-refractivity contribution is 6.31. The van der Waals surface area contributed by atoms with Crippen molar-refractivity contribution in [1.29, 1.82) is 0 Å². The van der Waals surface area contributed by atoms with E-state index < -0.39 is 0 Å². The fourth-order valence-electron chi connectivity index (χ4n) is 2.92. The summed E-state index contributed by atoms with van der Waals surface area (Å²) in [5.74, 6) is -0.340. The Morgan fingerprint density at radius 2 is 2.30 bits per heavy atom. The number of nitrogens with one attached hydrogen (secondary N) is 1. The molecule has 1 fully saturated rings. The van der Waals surface area contributed by atoms with Crippen molar-refractivity contribution >= 4 is 11.6 Å². The molecule has 1 aliphatic rings. The second-order valence-corrected chi connectivity index (χ2v) is 6.07. The van der Waals surface area contributed by atoms with Gasteiger partial charge in [-0.15, -0.1) is 0 Å². The van der Waals surface area contributed by atoms with Gasteiger partial charge in [0, 0.05) is 18.6 Å². The molecule has 2 rings (SSSR count). The van der Waals surface area contributed by atoms with Gasteiger partial charge < -0.3 is 10.1 Å². The fraction of sp³-hybridized carbons (Fsp3) is 0.625. The second-order valence-electron chi connectivity index (χ2n) is 5.69. The molecule has 0 aliphatic carbocycles. The van der Waals surface area contributed by atoms with Gasteiger partial charge in [0.25, 0.3) is 0 Å². The molecule has 2 nitrogen and oxygen atoms in total. The minimum absolute atomic E-state index is 0.00655. The lowest BCUT2D eigenvalue weighted by molar-refractivity contribution is 0.0631. The zero-order valence-corrected chi connectivity index (χ0v) is 13.0. The molecular weight excluding hydrogens is 277 g/mol. The van der Waals surface area contributed by atoms with Crippen molar-refractivity contribution < 1.29 is 9.13 Å². The predicted octanol–water partition coefficient (Wildman–Crippen LogP) is 3.82. The van der Waals surface area contributed by atoms with Gasteiger partial charge in [-0.1, -0.05) is 30.7 Å². The van der Waals surface area contributed by atoms with E-state index in [1.807, 2.05) is 6.07 Å². The first-order valence-electron chi connectivity index (χ1n) is 7.34. The highest BCUT2D eigenvalue weighted by Gasteiger charge is 2.41. The zero-order valence-electron chi connectivity index (χ0n) is 12.2. The van der Waals surface area contributed by atoms with E-state index in [2.05, 4.69) is 19.2 Å². The van der Waals surface area contributed by atoms with Crippen LogP contribution in [0.3, 0.4) is 0 Å². The Kier molecular flexibility index (Phi) is 5.42. The molecule has 112 valence electrons. The van der Waals surface area contributed by atoms with E-state index >= 15 is 0 Å². The molecule has 1 heterocycles. The smallest absolute Gasteiger partial charge is 0.142 e. The summed E-state index contributed by atoms with van der Waals surface area (Å²) in [5.41, 5.74) is 0.884. The largest absolute Gasteiger partial charge is 0.378 e. The van der Waals surface area contributed by atoms with Crippen molar-refractivity contribution in [3.63, 3.8) is 0 Å². The Morgan fingerprint density at radius 1 is 1.50 bits per heavy atom. The quantitative estimate of drug-likeness (QED) is 0.806. The Labute approximate surface area is 125 Å². The van der Waals surface area contributed by atoms with E-state index in [0.717, 1.165) is 44.5 Å². The first-order chi connectivity index (χ1) is 9.59. The van der Waals surface area contributed by atoms with Crippen molar-refractivity contribution in [3.8, 4) is 0 Å². The molecule has 1 N–H and O–H groups in total. The topological polar surface area (TPSA) is 21.3 Å². The van der Waals surface area contributed by atoms with Crippen LogP contribution in [-0.4, -0.2) is 25.8 Å². The monoisotopic (exact) mass is 299 g/mol. The highest BCUT2D eigenvalue weighted by atomic mass is 35.5. The third kappa shape index (κ3) is 3.33. The normalized spacial score (nSPS) is 26.1. The molecule has 2 atom stereocenters. The summed E-state index contributed by atoms with van der Waals surface area (Å²) >= 11 is 6.11. The first kappa shape index (κ1) is 15.7. The Bertz CT molecular complexity index is 454. The lowest BCUT2D eigenvalue weighted by Crippen LogP contribution is -2.41. The van der Waals surface area contributed by atoms with Crippen molar-refractivity contribution in [2.45, 2.75) is 39.2 Å². The maximum absolute atomic E-state index is 13.6. The molecule has 4 heteroatoms. The molecule has 2 unspecified atom stereocenters. The van der Waals surface area contributed by atoms with Crippen LogP contribution in [0.15, 0.2) is 18.2 Å². The minimum Gasteiger partial charge on any atom is -0.378 e. The van der Waals surface area contributed by atoms with Gasteiger partial charge in [0.2, 0.25) is 0 Å². The maximum atomic E-state index is 13.6. The number of rotatable bonds is 6. The average Bonchev–Trinajstić information content (AvgIpc) is 2.77. The molecule has 0 saturated carbocycles. The number of benzene rings is 1. The van der Waals surface area contributed by atoms with Crippen LogP contribution in [0.1, 0.15) is 32.3 Å². The SMILES string of the molecule is CCCNCC1(Cc2cccc(F)c2Cl)CCOC1C. The molecular formula is C16H23ClFNO. The first-order valence-corrected chi connectivity index (χ1v) is 7.72. The van der Waals surface area contributed by atoms with Gasteiger partial charge >= 0.3 is 0 Å². The molecule has 1 saturated heterocycles. The summed E-state index contributed by atoms with van der Waals surface area (Å²) in [6.07, 6.45) is 3.00. The Hall–Kier alpha value is -0.640. The molecule has 0 aromatic heterocycles. The molecule has 1 aromatic rings. The van der Waals surface area contributed by atoms with Crippen molar-refractivity contribution in [2.24, 2.45) is 5.41 Å². The summed E-state index contributed by atoms with van der Waals surface area (Å²) in [7, 11) is 0. The molecule has 1 aromatic carbocycles. The fourth-order valence-corrected chi connectivity index (χ4v) is 3.12. The minimum atomic E-state index is -0.340. The average molecular weight is 300 g/mol. The zero-order chi connectivity index (χ0) is 14.6. The van der Waals surface area contributed by atoms with Gasteiger partial charge in [-0.25, -0.2) is 4.39 Å². The Balaban J connectivity index is 2.17. The lowest BCUT2D eigenvalue weighted by Gasteiger charge is -2.33. The van der Waals surface area contributed by atoms with Crippen LogP contribution in [-0.2, 0) is 11.2 Å². The molecule has 0 amide bonds. The van der Waals surface area contributed by atoms with Gasteiger partial charge in [0.1, 0.15) is 5.82 Å². The van der Waals surface area contributed by atoms with Crippen molar-refractivity contribution in [2.75, 3.05) is 19.7 Å². The van der Waals surface area contributed by atoms with Crippen LogP contribution in [0, 0.1) is 11.2 Å². The standard InChI is InChI=1S/C16H23ClFNO/c1-3-8-19-11-16(7-9-20-12(16)2)10-13-5-4-6-14(18)15(13)17/h4-6,12,19H,3,7-11H2,1-2H3. The highest BCUT2D eigenvalue weighted by Crippen LogP contribution is 2.39. The van der Waals surface area contributed by atoms with E-state index in [1.165, 1.54) is 6.07 Å². The summed E-state index contributed by atoms with van der Waals surface area (Å²) in [4.78, 5) is 0. The summed E-state index contributed by atoms with van der Waals surface area (Å²) < 4.78 is 19.4. The summed E-state index contributed by atoms with van der Waals surface area (Å²) in [6.45, 7) is 6.90. The summed E-state index contributed by atoms with van der Waals surface area (Å²) in [5, 5.41) is 3.74. The maximum Gasteiger partial charge on any atom is 0.142 e. The van der Waals surface area contributed by atoms with E-state index in [1.54, 1.807) is 6.07 Å². The van der Waals surface area contributed by atoms with Crippen LogP contribution in [0.2, 0.25) is 5.02 Å². The van der Waals surface area contributed by atoms with Crippen LogP contribution in [0.4, 0.5) is 4.39 Å². The third-order valence-electron chi connectivity index (χ3n) is 4.31. The van der Waals surface area contributed by atoms with Gasteiger partial charge in [-0.2, -0.15) is 0 Å². The van der Waals surface area contributed by atoms with E-state index in [4.69, 9.17) is 16.3 Å². The predicted molar refractivity (Wildman–Crippen MR) is 80.7 cm³/mol. The summed E-state index contributed by atoms with van der Waals surface area (Å²) in [6, 6.07) is 5.05. The number of halogens is 2. The second kappa shape index (κ2) is 6.88. The van der Waals surface area contributed by atoms with Crippen LogP contribution < -0.4 is 5.32 Å². The van der Waals surface area contributed by atoms with Crippen molar-refractivity contribution in [1.82, 2.24) is 5.32 Å². The van der Waals surface area contributed by atoms with Gasteiger partial charge in [0.05, 0.1) is 11.1 Å². The number of hydrogen-bond donors (Lipinski definition) is 1. The van der Waals surface area contributed by atoms with Gasteiger partial charge in [-0.05, 0) is 44.4 Å². The van der Waals surface area contributed by atoms with E-state index in [9.17, 15) is 4.39 Å². The van der Waals surface area contributed by atoms with Gasteiger partial charge in [-0.3, -0.25) is 0 Å². The van der Waals surface area contributed by atoms with Crippen LogP contribution in [0.25, 0.3) is 0 Å². The molecule has 1 aliphatic heterocycles. The lowest BCUT2D eigenvalue weighted by atomic mass is 9.76. The molecule has 0 bridgehead atoms. The number of ether oxygens (including phenoxy) is 1. The molecule has 0 radical (unpaired) electrons. The van der Waals surface area contributed by atoms with Crippen molar-refractivity contribution in [3.05, 3.63) is 34.6 Å². The molecule has 0 spiro atoms. The third-order valence-corrected chi connectivity index (χ3v) is 4.73. The van der Waals surface area contributed by atoms with Crippen LogP contribution >= 0.6 is 11.6 Å².